The minimum Gasteiger partial charge on any atom is -0.492 e. The summed E-state index contributed by atoms with van der Waals surface area (Å²) in [5.74, 6) is 0.122. The van der Waals surface area contributed by atoms with Crippen molar-refractivity contribution in [2.24, 2.45) is 0 Å². The quantitative estimate of drug-likeness (QED) is 0.694. The van der Waals surface area contributed by atoms with Gasteiger partial charge in [-0.3, -0.25) is 9.10 Å². The van der Waals surface area contributed by atoms with Gasteiger partial charge in [0.05, 0.1) is 18.6 Å². The molecule has 0 unspecified atom stereocenters. The number of rotatable bonds is 8. The molecule has 0 N–H and O–H groups in total. The Balaban J connectivity index is 2.38. The van der Waals surface area contributed by atoms with Gasteiger partial charge in [0.1, 0.15) is 12.3 Å². The van der Waals surface area contributed by atoms with Gasteiger partial charge < -0.3 is 9.64 Å². The molecule has 2 aromatic rings. The summed E-state index contributed by atoms with van der Waals surface area (Å²) < 4.78 is 31.5. The number of para-hydroxylation sites is 2. The van der Waals surface area contributed by atoms with E-state index in [4.69, 9.17) is 4.74 Å². The van der Waals surface area contributed by atoms with E-state index in [-0.39, 0.29) is 12.5 Å². The van der Waals surface area contributed by atoms with Crippen LogP contribution >= 0.6 is 0 Å². The third kappa shape index (κ3) is 5.23. The number of sulfonamides is 1. The molecule has 0 bridgehead atoms. The van der Waals surface area contributed by atoms with Gasteiger partial charge in [0, 0.05) is 12.2 Å². The minimum atomic E-state index is -3.68. The SMILES string of the molecule is CCOc1ccccc1N(CC(=O)N(CC)c1cccc(C)c1)S(C)(=O)=O. The molecular formula is C20H26N2O4S. The van der Waals surface area contributed by atoms with E-state index in [1.54, 1.807) is 29.2 Å². The van der Waals surface area contributed by atoms with E-state index >= 15 is 0 Å². The van der Waals surface area contributed by atoms with Crippen LogP contribution in [0.3, 0.4) is 0 Å². The van der Waals surface area contributed by atoms with Crippen LogP contribution in [0.25, 0.3) is 0 Å². The first-order valence-electron chi connectivity index (χ1n) is 8.84. The standard InChI is InChI=1S/C20H26N2O4S/c1-5-21(17-11-9-10-16(3)14-17)20(23)15-22(27(4,24)25)18-12-7-8-13-19(18)26-6-2/h7-14H,5-6,15H2,1-4H3. The van der Waals surface area contributed by atoms with Crippen molar-refractivity contribution in [3.63, 3.8) is 0 Å². The average molecular weight is 391 g/mol. The molecule has 146 valence electrons. The second-order valence-electron chi connectivity index (χ2n) is 6.15. The average Bonchev–Trinajstić information content (AvgIpc) is 2.60. The number of benzene rings is 2. The summed E-state index contributed by atoms with van der Waals surface area (Å²) in [5, 5.41) is 0. The number of likely N-dealkylation sites (N-methyl/N-ethyl adjacent to an activating group) is 1. The maximum atomic E-state index is 13.0. The number of nitrogens with zero attached hydrogens (tertiary/aromatic N) is 2. The lowest BCUT2D eigenvalue weighted by Gasteiger charge is -2.28. The molecule has 27 heavy (non-hydrogen) atoms. The predicted octanol–water partition coefficient (Wildman–Crippen LogP) is 3.21. The molecule has 6 nitrogen and oxygen atoms in total. The lowest BCUT2D eigenvalue weighted by molar-refractivity contribution is -0.117. The van der Waals surface area contributed by atoms with Crippen LogP contribution in [0.4, 0.5) is 11.4 Å². The molecule has 0 aromatic heterocycles. The number of anilines is 2. The Morgan fingerprint density at radius 3 is 2.37 bits per heavy atom. The Hall–Kier alpha value is -2.54. The van der Waals surface area contributed by atoms with E-state index in [9.17, 15) is 13.2 Å². The fourth-order valence-electron chi connectivity index (χ4n) is 2.83. The first-order chi connectivity index (χ1) is 12.8. The smallest absolute Gasteiger partial charge is 0.247 e. The van der Waals surface area contributed by atoms with Gasteiger partial charge in [-0.05, 0) is 50.6 Å². The van der Waals surface area contributed by atoms with E-state index in [2.05, 4.69) is 0 Å². The lowest BCUT2D eigenvalue weighted by atomic mass is 10.2. The van der Waals surface area contributed by atoms with Gasteiger partial charge in [-0.1, -0.05) is 24.3 Å². The van der Waals surface area contributed by atoms with Gasteiger partial charge in [-0.2, -0.15) is 0 Å². The molecule has 7 heteroatoms. The third-order valence-electron chi connectivity index (χ3n) is 4.04. The van der Waals surface area contributed by atoms with E-state index in [1.165, 1.54) is 0 Å². The zero-order valence-corrected chi connectivity index (χ0v) is 17.0. The van der Waals surface area contributed by atoms with Gasteiger partial charge in [-0.25, -0.2) is 8.42 Å². The second-order valence-corrected chi connectivity index (χ2v) is 8.05. The molecule has 0 radical (unpaired) electrons. The van der Waals surface area contributed by atoms with Crippen LogP contribution in [-0.2, 0) is 14.8 Å². The van der Waals surface area contributed by atoms with Crippen molar-refractivity contribution >= 4 is 27.3 Å². The highest BCUT2D eigenvalue weighted by molar-refractivity contribution is 7.92. The van der Waals surface area contributed by atoms with Crippen LogP contribution in [0.1, 0.15) is 19.4 Å². The number of carbonyl (C=O) groups is 1. The topological polar surface area (TPSA) is 66.9 Å². The number of aryl methyl sites for hydroxylation is 1. The van der Waals surface area contributed by atoms with Gasteiger partial charge in [0.25, 0.3) is 0 Å². The maximum Gasteiger partial charge on any atom is 0.247 e. The molecule has 0 heterocycles. The monoisotopic (exact) mass is 390 g/mol. The summed E-state index contributed by atoms with van der Waals surface area (Å²) in [7, 11) is -3.68. The molecule has 0 spiro atoms. The predicted molar refractivity (Wildman–Crippen MR) is 109 cm³/mol. The van der Waals surface area contributed by atoms with Gasteiger partial charge >= 0.3 is 0 Å². The van der Waals surface area contributed by atoms with E-state index in [1.807, 2.05) is 45.0 Å². The molecule has 0 aliphatic rings. The highest BCUT2D eigenvalue weighted by Gasteiger charge is 2.26. The highest BCUT2D eigenvalue weighted by Crippen LogP contribution is 2.30. The van der Waals surface area contributed by atoms with Crippen molar-refractivity contribution in [2.45, 2.75) is 20.8 Å². The summed E-state index contributed by atoms with van der Waals surface area (Å²) >= 11 is 0. The minimum absolute atomic E-state index is 0.301. The van der Waals surface area contributed by atoms with Crippen molar-refractivity contribution in [1.29, 1.82) is 0 Å². The number of amides is 1. The Morgan fingerprint density at radius 1 is 1.07 bits per heavy atom. The fourth-order valence-corrected chi connectivity index (χ4v) is 3.68. The molecule has 0 aliphatic heterocycles. The highest BCUT2D eigenvalue weighted by atomic mass is 32.2. The van der Waals surface area contributed by atoms with Crippen LogP contribution in [0.15, 0.2) is 48.5 Å². The summed E-state index contributed by atoms with van der Waals surface area (Å²) in [5.41, 5.74) is 2.13. The summed E-state index contributed by atoms with van der Waals surface area (Å²) in [4.78, 5) is 14.5. The van der Waals surface area contributed by atoms with E-state index < -0.39 is 10.0 Å². The van der Waals surface area contributed by atoms with E-state index in [0.29, 0.717) is 24.6 Å². The van der Waals surface area contributed by atoms with Crippen LogP contribution in [0, 0.1) is 6.92 Å². The first kappa shape index (κ1) is 20.8. The van der Waals surface area contributed by atoms with Gasteiger partial charge in [0.2, 0.25) is 15.9 Å². The van der Waals surface area contributed by atoms with Crippen LogP contribution in [0.5, 0.6) is 5.75 Å². The number of ether oxygens (including phenoxy) is 1. The van der Waals surface area contributed by atoms with Gasteiger partial charge in [0.15, 0.2) is 0 Å². The fraction of sp³-hybridized carbons (Fsp3) is 0.350. The number of hydrogen-bond donors (Lipinski definition) is 0. The van der Waals surface area contributed by atoms with Crippen molar-refractivity contribution in [3.8, 4) is 5.75 Å². The summed E-state index contributed by atoms with van der Waals surface area (Å²) in [6, 6.07) is 14.4. The van der Waals surface area contributed by atoms with E-state index in [0.717, 1.165) is 21.8 Å². The molecule has 0 saturated heterocycles. The third-order valence-corrected chi connectivity index (χ3v) is 5.17. The van der Waals surface area contributed by atoms with Crippen LogP contribution < -0.4 is 13.9 Å². The zero-order valence-electron chi connectivity index (χ0n) is 16.2. The second kappa shape index (κ2) is 8.90. The summed E-state index contributed by atoms with van der Waals surface area (Å²) in [6.07, 6.45) is 1.09. The molecule has 0 saturated carbocycles. The van der Waals surface area contributed by atoms with Crippen molar-refractivity contribution in [3.05, 3.63) is 54.1 Å². The molecule has 2 rings (SSSR count). The van der Waals surface area contributed by atoms with Crippen molar-refractivity contribution in [1.82, 2.24) is 0 Å². The molecule has 1 amide bonds. The molecular weight excluding hydrogens is 364 g/mol. The van der Waals surface area contributed by atoms with Crippen LogP contribution in [0.2, 0.25) is 0 Å². The Kier molecular flexibility index (Phi) is 6.85. The van der Waals surface area contributed by atoms with Crippen LogP contribution in [-0.4, -0.2) is 40.3 Å². The van der Waals surface area contributed by atoms with Gasteiger partial charge in [-0.15, -0.1) is 0 Å². The number of hydrogen-bond acceptors (Lipinski definition) is 4. The maximum absolute atomic E-state index is 13.0. The number of carbonyl (C=O) groups excluding carboxylic acids is 1. The molecule has 0 atom stereocenters. The Labute approximate surface area is 161 Å². The normalized spacial score (nSPS) is 11.1. The Bertz CT molecular complexity index is 896. The largest absolute Gasteiger partial charge is 0.492 e. The first-order valence-corrected chi connectivity index (χ1v) is 10.7. The molecule has 2 aromatic carbocycles. The van der Waals surface area contributed by atoms with Crippen molar-refractivity contribution in [2.75, 3.05) is 35.2 Å². The van der Waals surface area contributed by atoms with Crippen molar-refractivity contribution < 1.29 is 17.9 Å². The lowest BCUT2D eigenvalue weighted by Crippen LogP contribution is -2.43. The Morgan fingerprint density at radius 2 is 1.78 bits per heavy atom. The molecule has 0 aliphatic carbocycles. The summed E-state index contributed by atoms with van der Waals surface area (Å²) in [6.45, 7) is 6.16. The zero-order chi connectivity index (χ0) is 20.0. The molecule has 0 fully saturated rings.